The number of hydrogen-bond donors (Lipinski definition) is 0. The fraction of sp³-hybridized carbons (Fsp3) is 0.375. The zero-order chi connectivity index (χ0) is 7.68. The Hall–Kier alpha value is -0.670. The van der Waals surface area contributed by atoms with Crippen LogP contribution in [-0.2, 0) is 17.8 Å². The van der Waals surface area contributed by atoms with Crippen molar-refractivity contribution in [1.82, 2.24) is 0 Å². The van der Waals surface area contributed by atoms with E-state index in [0.717, 1.165) is 29.8 Å². The summed E-state index contributed by atoms with van der Waals surface area (Å²) in [5.41, 5.74) is 2.40. The molecule has 3 heteroatoms. The first-order valence-electron chi connectivity index (χ1n) is 3.54. The van der Waals surface area contributed by atoms with E-state index in [9.17, 15) is 4.79 Å². The normalized spacial score (nSPS) is 16.0. The summed E-state index contributed by atoms with van der Waals surface area (Å²) in [6.07, 6.45) is 1.87. The van der Waals surface area contributed by atoms with E-state index in [2.05, 4.69) is 5.38 Å². The molecule has 0 bridgehead atoms. The molecule has 1 aliphatic rings. The van der Waals surface area contributed by atoms with E-state index in [0.29, 0.717) is 6.61 Å². The molecule has 0 saturated carbocycles. The molecule has 0 amide bonds. The van der Waals surface area contributed by atoms with Gasteiger partial charge in [-0.25, -0.2) is 0 Å². The maximum atomic E-state index is 10.5. The SMILES string of the molecule is O=Cc1scc2c1COCC2. The molecule has 0 atom stereocenters. The van der Waals surface area contributed by atoms with Gasteiger partial charge in [0.05, 0.1) is 18.1 Å². The predicted molar refractivity (Wildman–Crippen MR) is 43.1 cm³/mol. The summed E-state index contributed by atoms with van der Waals surface area (Å²) in [6, 6.07) is 0. The van der Waals surface area contributed by atoms with Crippen LogP contribution in [0.3, 0.4) is 0 Å². The van der Waals surface area contributed by atoms with Crippen LogP contribution < -0.4 is 0 Å². The van der Waals surface area contributed by atoms with Gasteiger partial charge in [0.1, 0.15) is 0 Å². The van der Waals surface area contributed by atoms with Crippen LogP contribution in [0.2, 0.25) is 0 Å². The molecule has 0 unspecified atom stereocenters. The standard InChI is InChI=1S/C8H8O2S/c9-3-8-7-4-10-2-1-6(7)5-11-8/h3,5H,1-2,4H2. The van der Waals surface area contributed by atoms with Crippen molar-refractivity contribution in [3.63, 3.8) is 0 Å². The first-order valence-corrected chi connectivity index (χ1v) is 4.42. The number of rotatable bonds is 1. The molecule has 1 aliphatic heterocycles. The van der Waals surface area contributed by atoms with E-state index in [-0.39, 0.29) is 0 Å². The van der Waals surface area contributed by atoms with Crippen LogP contribution >= 0.6 is 11.3 Å². The van der Waals surface area contributed by atoms with E-state index >= 15 is 0 Å². The zero-order valence-electron chi connectivity index (χ0n) is 6.00. The Labute approximate surface area is 68.8 Å². The Kier molecular flexibility index (Phi) is 1.75. The molecule has 0 saturated heterocycles. The third kappa shape index (κ3) is 1.10. The van der Waals surface area contributed by atoms with Crippen molar-refractivity contribution in [2.24, 2.45) is 0 Å². The number of ether oxygens (including phenoxy) is 1. The zero-order valence-corrected chi connectivity index (χ0v) is 6.82. The number of fused-ring (bicyclic) bond motifs is 1. The summed E-state index contributed by atoms with van der Waals surface area (Å²) in [5, 5.41) is 2.06. The second-order valence-electron chi connectivity index (χ2n) is 2.52. The van der Waals surface area contributed by atoms with Gasteiger partial charge < -0.3 is 4.74 Å². The van der Waals surface area contributed by atoms with E-state index in [4.69, 9.17) is 4.74 Å². The molecular formula is C8H8O2S. The summed E-state index contributed by atoms with van der Waals surface area (Å²) >= 11 is 1.52. The Morgan fingerprint density at radius 2 is 2.55 bits per heavy atom. The molecule has 0 radical (unpaired) electrons. The molecule has 2 heterocycles. The van der Waals surface area contributed by atoms with Gasteiger partial charge in [-0.15, -0.1) is 11.3 Å². The highest BCUT2D eigenvalue weighted by Crippen LogP contribution is 2.25. The maximum absolute atomic E-state index is 10.5. The Balaban J connectivity index is 2.45. The quantitative estimate of drug-likeness (QED) is 0.596. The number of carbonyl (C=O) groups excluding carboxylic acids is 1. The minimum Gasteiger partial charge on any atom is -0.376 e. The van der Waals surface area contributed by atoms with Gasteiger partial charge in [-0.3, -0.25) is 4.79 Å². The van der Waals surface area contributed by atoms with Crippen LogP contribution in [0.25, 0.3) is 0 Å². The molecule has 0 aliphatic carbocycles. The van der Waals surface area contributed by atoms with Gasteiger partial charge in [0.2, 0.25) is 0 Å². The van der Waals surface area contributed by atoms with E-state index in [1.165, 1.54) is 16.9 Å². The minimum absolute atomic E-state index is 0.618. The molecule has 0 spiro atoms. The van der Waals surface area contributed by atoms with Crippen LogP contribution in [-0.4, -0.2) is 12.9 Å². The largest absolute Gasteiger partial charge is 0.376 e. The first-order chi connectivity index (χ1) is 5.42. The van der Waals surface area contributed by atoms with Crippen molar-refractivity contribution in [2.45, 2.75) is 13.0 Å². The van der Waals surface area contributed by atoms with Gasteiger partial charge in [-0.2, -0.15) is 0 Å². The average Bonchev–Trinajstić information content (AvgIpc) is 2.47. The van der Waals surface area contributed by atoms with Crippen LogP contribution in [0.5, 0.6) is 0 Å². The Morgan fingerprint density at radius 1 is 1.64 bits per heavy atom. The minimum atomic E-state index is 0.618. The third-order valence-electron chi connectivity index (χ3n) is 1.88. The second-order valence-corrected chi connectivity index (χ2v) is 3.44. The van der Waals surface area contributed by atoms with Gasteiger partial charge in [-0.05, 0) is 17.4 Å². The van der Waals surface area contributed by atoms with E-state index in [1.54, 1.807) is 0 Å². The third-order valence-corrected chi connectivity index (χ3v) is 2.88. The lowest BCUT2D eigenvalue weighted by atomic mass is 10.1. The van der Waals surface area contributed by atoms with Crippen LogP contribution in [0.4, 0.5) is 0 Å². The molecule has 0 aromatic carbocycles. The molecule has 0 N–H and O–H groups in total. The van der Waals surface area contributed by atoms with Crippen LogP contribution in [0.15, 0.2) is 5.38 Å². The van der Waals surface area contributed by atoms with Gasteiger partial charge in [0.15, 0.2) is 6.29 Å². The summed E-state index contributed by atoms with van der Waals surface area (Å²) in [4.78, 5) is 11.3. The fourth-order valence-electron chi connectivity index (χ4n) is 1.26. The van der Waals surface area contributed by atoms with Gasteiger partial charge in [0.25, 0.3) is 0 Å². The average molecular weight is 168 g/mol. The smallest absolute Gasteiger partial charge is 0.160 e. The molecule has 1 aromatic heterocycles. The van der Waals surface area contributed by atoms with Gasteiger partial charge in [-0.1, -0.05) is 0 Å². The first kappa shape index (κ1) is 7.00. The maximum Gasteiger partial charge on any atom is 0.160 e. The molecule has 1 aromatic rings. The molecule has 0 fully saturated rings. The molecule has 58 valence electrons. The fourth-order valence-corrected chi connectivity index (χ4v) is 2.18. The monoisotopic (exact) mass is 168 g/mol. The highest BCUT2D eigenvalue weighted by atomic mass is 32.1. The molecular weight excluding hydrogens is 160 g/mol. The van der Waals surface area contributed by atoms with E-state index < -0.39 is 0 Å². The number of carbonyl (C=O) groups is 1. The van der Waals surface area contributed by atoms with Crippen molar-refractivity contribution in [1.29, 1.82) is 0 Å². The van der Waals surface area contributed by atoms with Crippen molar-refractivity contribution in [3.05, 3.63) is 21.4 Å². The van der Waals surface area contributed by atoms with Crippen molar-refractivity contribution in [3.8, 4) is 0 Å². The molecule has 2 rings (SSSR count). The Morgan fingerprint density at radius 3 is 3.36 bits per heavy atom. The highest BCUT2D eigenvalue weighted by molar-refractivity contribution is 7.12. The van der Waals surface area contributed by atoms with Crippen LogP contribution in [0, 0.1) is 0 Å². The lowest BCUT2D eigenvalue weighted by Crippen LogP contribution is -2.08. The second kappa shape index (κ2) is 2.75. The van der Waals surface area contributed by atoms with Gasteiger partial charge in [0, 0.05) is 5.56 Å². The predicted octanol–water partition coefficient (Wildman–Crippen LogP) is 1.63. The topological polar surface area (TPSA) is 26.3 Å². The lowest BCUT2D eigenvalue weighted by Gasteiger charge is -2.11. The van der Waals surface area contributed by atoms with E-state index in [1.807, 2.05) is 0 Å². The number of hydrogen-bond acceptors (Lipinski definition) is 3. The van der Waals surface area contributed by atoms with Crippen molar-refractivity contribution >= 4 is 17.6 Å². The Bertz CT molecular complexity index is 278. The van der Waals surface area contributed by atoms with Crippen molar-refractivity contribution < 1.29 is 9.53 Å². The molecule has 2 nitrogen and oxygen atoms in total. The lowest BCUT2D eigenvalue weighted by molar-refractivity contribution is 0.106. The summed E-state index contributed by atoms with van der Waals surface area (Å²) in [6.45, 7) is 1.41. The summed E-state index contributed by atoms with van der Waals surface area (Å²) < 4.78 is 5.24. The number of thiophene rings is 1. The summed E-state index contributed by atoms with van der Waals surface area (Å²) in [7, 11) is 0. The van der Waals surface area contributed by atoms with Gasteiger partial charge >= 0.3 is 0 Å². The number of aldehydes is 1. The molecule has 11 heavy (non-hydrogen) atoms. The van der Waals surface area contributed by atoms with Crippen LogP contribution in [0.1, 0.15) is 20.8 Å². The highest BCUT2D eigenvalue weighted by Gasteiger charge is 2.14. The van der Waals surface area contributed by atoms with Crippen molar-refractivity contribution in [2.75, 3.05) is 6.61 Å². The summed E-state index contributed by atoms with van der Waals surface area (Å²) in [5.74, 6) is 0.